The summed E-state index contributed by atoms with van der Waals surface area (Å²) < 4.78 is 5.43. The van der Waals surface area contributed by atoms with Crippen LogP contribution in [0.15, 0.2) is 29.5 Å². The highest BCUT2D eigenvalue weighted by Crippen LogP contribution is 2.41. The van der Waals surface area contributed by atoms with Crippen molar-refractivity contribution in [3.05, 3.63) is 35.1 Å². The van der Waals surface area contributed by atoms with Crippen LogP contribution in [0.1, 0.15) is 58.1 Å². The van der Waals surface area contributed by atoms with Gasteiger partial charge >= 0.3 is 0 Å². The lowest BCUT2D eigenvalue weighted by Gasteiger charge is -2.27. The minimum Gasteiger partial charge on any atom is -0.504 e. The number of aliphatic hydroxyl groups excluding tert-OH is 1. The summed E-state index contributed by atoms with van der Waals surface area (Å²) >= 11 is 0. The van der Waals surface area contributed by atoms with Crippen molar-refractivity contribution in [1.29, 1.82) is 0 Å². The van der Waals surface area contributed by atoms with Gasteiger partial charge in [-0.25, -0.2) is 0 Å². The standard InChI is InChI=1S/C20H27NO5/c1-4-7-8-11-21-18(17(14(22)5-2)19(24)20(21)25)13-9-10-15(23)16(12-13)26-6-3/h9-10,12,18,23-24H,4-8,11H2,1-3H3. The molecule has 1 aromatic rings. The van der Waals surface area contributed by atoms with Crippen LogP contribution in [0.25, 0.3) is 0 Å². The lowest BCUT2D eigenvalue weighted by Crippen LogP contribution is -2.32. The summed E-state index contributed by atoms with van der Waals surface area (Å²) in [6.45, 7) is 6.40. The molecule has 2 N–H and O–H groups in total. The number of amides is 1. The Labute approximate surface area is 154 Å². The molecule has 0 saturated heterocycles. The van der Waals surface area contributed by atoms with Crippen LogP contribution in [-0.2, 0) is 9.59 Å². The van der Waals surface area contributed by atoms with Crippen molar-refractivity contribution in [3.8, 4) is 11.5 Å². The van der Waals surface area contributed by atoms with E-state index in [2.05, 4.69) is 6.92 Å². The van der Waals surface area contributed by atoms with E-state index < -0.39 is 17.7 Å². The molecule has 6 nitrogen and oxygen atoms in total. The van der Waals surface area contributed by atoms with Crippen molar-refractivity contribution < 1.29 is 24.5 Å². The van der Waals surface area contributed by atoms with Gasteiger partial charge in [0, 0.05) is 13.0 Å². The van der Waals surface area contributed by atoms with Gasteiger partial charge in [-0.15, -0.1) is 0 Å². The average Bonchev–Trinajstić information content (AvgIpc) is 2.88. The first-order chi connectivity index (χ1) is 12.5. The van der Waals surface area contributed by atoms with E-state index in [0.29, 0.717) is 24.5 Å². The molecule has 0 aromatic heterocycles. The van der Waals surface area contributed by atoms with Crippen LogP contribution in [0.3, 0.4) is 0 Å². The number of aromatic hydroxyl groups is 1. The van der Waals surface area contributed by atoms with Crippen LogP contribution < -0.4 is 4.74 Å². The summed E-state index contributed by atoms with van der Waals surface area (Å²) in [5, 5.41) is 20.3. The monoisotopic (exact) mass is 361 g/mol. The number of Topliss-reactive ketones (excluding diaryl/α,β-unsaturated/α-hetero) is 1. The van der Waals surface area contributed by atoms with Crippen molar-refractivity contribution in [2.75, 3.05) is 13.2 Å². The first kappa shape index (κ1) is 19.8. The normalized spacial score (nSPS) is 17.1. The van der Waals surface area contributed by atoms with E-state index in [-0.39, 0.29) is 23.5 Å². The summed E-state index contributed by atoms with van der Waals surface area (Å²) in [6, 6.07) is 4.11. The number of rotatable bonds is 9. The van der Waals surface area contributed by atoms with Gasteiger partial charge in [-0.2, -0.15) is 0 Å². The third-order valence-electron chi connectivity index (χ3n) is 4.53. The first-order valence-corrected chi connectivity index (χ1v) is 9.19. The van der Waals surface area contributed by atoms with Gasteiger partial charge in [0.1, 0.15) is 0 Å². The molecule has 0 saturated carbocycles. The predicted octanol–water partition coefficient (Wildman–Crippen LogP) is 3.66. The molecule has 1 aliphatic rings. The van der Waals surface area contributed by atoms with Crippen molar-refractivity contribution in [3.63, 3.8) is 0 Å². The average molecular weight is 361 g/mol. The highest BCUT2D eigenvalue weighted by molar-refractivity contribution is 6.08. The van der Waals surface area contributed by atoms with E-state index in [9.17, 15) is 19.8 Å². The summed E-state index contributed by atoms with van der Waals surface area (Å²) in [5.74, 6) is -0.960. The molecule has 1 heterocycles. The zero-order valence-corrected chi connectivity index (χ0v) is 15.6. The second-order valence-electron chi connectivity index (χ2n) is 6.31. The molecule has 2 rings (SSSR count). The Kier molecular flexibility index (Phi) is 6.66. The van der Waals surface area contributed by atoms with E-state index in [1.165, 1.54) is 11.0 Å². The van der Waals surface area contributed by atoms with Crippen molar-refractivity contribution in [2.24, 2.45) is 0 Å². The Morgan fingerprint density at radius 3 is 2.54 bits per heavy atom. The zero-order valence-electron chi connectivity index (χ0n) is 15.6. The highest BCUT2D eigenvalue weighted by atomic mass is 16.5. The van der Waals surface area contributed by atoms with Gasteiger partial charge in [0.25, 0.3) is 5.91 Å². The molecule has 1 unspecified atom stereocenters. The summed E-state index contributed by atoms with van der Waals surface area (Å²) in [6.07, 6.45) is 2.94. The van der Waals surface area contributed by atoms with Gasteiger partial charge in [0.05, 0.1) is 18.2 Å². The molecule has 1 amide bonds. The zero-order chi connectivity index (χ0) is 19.3. The fourth-order valence-corrected chi connectivity index (χ4v) is 3.21. The van der Waals surface area contributed by atoms with Crippen LogP contribution in [-0.4, -0.2) is 40.0 Å². The Morgan fingerprint density at radius 1 is 1.19 bits per heavy atom. The van der Waals surface area contributed by atoms with Crippen LogP contribution >= 0.6 is 0 Å². The number of benzene rings is 1. The Balaban J connectivity index is 2.48. The molecule has 142 valence electrons. The number of phenols is 1. The quantitative estimate of drug-likeness (QED) is 0.656. The number of ketones is 1. The van der Waals surface area contributed by atoms with Crippen molar-refractivity contribution >= 4 is 11.7 Å². The SMILES string of the molecule is CCCCCN1C(=O)C(O)=C(C(=O)CC)C1c1ccc(O)c(OCC)c1. The lowest BCUT2D eigenvalue weighted by atomic mass is 9.94. The molecule has 0 bridgehead atoms. The number of nitrogens with zero attached hydrogens (tertiary/aromatic N) is 1. The highest BCUT2D eigenvalue weighted by Gasteiger charge is 2.42. The van der Waals surface area contributed by atoms with Crippen LogP contribution in [0.2, 0.25) is 0 Å². The van der Waals surface area contributed by atoms with Crippen molar-refractivity contribution in [1.82, 2.24) is 4.90 Å². The van der Waals surface area contributed by atoms with Gasteiger partial charge < -0.3 is 19.8 Å². The number of hydrogen-bond acceptors (Lipinski definition) is 5. The molecule has 0 radical (unpaired) electrons. The topological polar surface area (TPSA) is 87.1 Å². The molecule has 0 spiro atoms. The summed E-state index contributed by atoms with van der Waals surface area (Å²) in [4.78, 5) is 26.5. The number of carbonyl (C=O) groups is 2. The summed E-state index contributed by atoms with van der Waals surface area (Å²) in [7, 11) is 0. The summed E-state index contributed by atoms with van der Waals surface area (Å²) in [5.41, 5.74) is 0.763. The van der Waals surface area contributed by atoms with E-state index in [0.717, 1.165) is 19.3 Å². The fraction of sp³-hybridized carbons (Fsp3) is 0.500. The minimum atomic E-state index is -0.661. The number of carbonyl (C=O) groups excluding carboxylic acids is 2. The number of ether oxygens (including phenoxy) is 1. The molecule has 26 heavy (non-hydrogen) atoms. The molecule has 1 atom stereocenters. The number of aliphatic hydroxyl groups is 1. The van der Waals surface area contributed by atoms with Crippen LogP contribution in [0.4, 0.5) is 0 Å². The van der Waals surface area contributed by atoms with Gasteiger partial charge in [-0.05, 0) is 31.0 Å². The van der Waals surface area contributed by atoms with E-state index >= 15 is 0 Å². The maximum absolute atomic E-state index is 12.6. The van der Waals surface area contributed by atoms with E-state index in [4.69, 9.17) is 4.74 Å². The molecular formula is C20H27NO5. The largest absolute Gasteiger partial charge is 0.504 e. The third-order valence-corrected chi connectivity index (χ3v) is 4.53. The number of unbranched alkanes of at least 4 members (excludes halogenated alkanes) is 2. The molecule has 6 heteroatoms. The lowest BCUT2D eigenvalue weighted by molar-refractivity contribution is -0.129. The van der Waals surface area contributed by atoms with E-state index in [1.807, 2.05) is 0 Å². The molecule has 1 aromatic carbocycles. The first-order valence-electron chi connectivity index (χ1n) is 9.19. The van der Waals surface area contributed by atoms with Gasteiger partial charge in [-0.1, -0.05) is 32.8 Å². The molecule has 0 fully saturated rings. The predicted molar refractivity (Wildman–Crippen MR) is 98.2 cm³/mol. The minimum absolute atomic E-state index is 0.00553. The second kappa shape index (κ2) is 8.74. The Hall–Kier alpha value is -2.50. The molecule has 0 aliphatic carbocycles. The van der Waals surface area contributed by atoms with Gasteiger partial charge in [0.15, 0.2) is 23.0 Å². The maximum Gasteiger partial charge on any atom is 0.290 e. The van der Waals surface area contributed by atoms with Gasteiger partial charge in [-0.3, -0.25) is 9.59 Å². The van der Waals surface area contributed by atoms with Crippen LogP contribution in [0, 0.1) is 0 Å². The number of hydrogen-bond donors (Lipinski definition) is 2. The second-order valence-corrected chi connectivity index (χ2v) is 6.31. The number of phenolic OH excluding ortho intramolecular Hbond substituents is 1. The molecular weight excluding hydrogens is 334 g/mol. The van der Waals surface area contributed by atoms with Crippen LogP contribution in [0.5, 0.6) is 11.5 Å². The smallest absolute Gasteiger partial charge is 0.290 e. The third kappa shape index (κ3) is 3.84. The van der Waals surface area contributed by atoms with Gasteiger partial charge in [0.2, 0.25) is 0 Å². The Morgan fingerprint density at radius 2 is 1.92 bits per heavy atom. The molecule has 1 aliphatic heterocycles. The van der Waals surface area contributed by atoms with E-state index in [1.54, 1.807) is 26.0 Å². The Bertz CT molecular complexity index is 710. The fourth-order valence-electron chi connectivity index (χ4n) is 3.21. The van der Waals surface area contributed by atoms with Crippen molar-refractivity contribution in [2.45, 2.75) is 52.5 Å². The maximum atomic E-state index is 12.6.